The van der Waals surface area contributed by atoms with Crippen molar-refractivity contribution >= 4 is 29.4 Å². The maximum atomic E-state index is 14.5. The van der Waals surface area contributed by atoms with E-state index in [1.165, 1.54) is 7.11 Å². The largest absolute Gasteiger partial charge is 0.380 e. The zero-order chi connectivity index (χ0) is 41.9. The van der Waals surface area contributed by atoms with Crippen LogP contribution >= 0.6 is 0 Å². The van der Waals surface area contributed by atoms with Crippen molar-refractivity contribution in [1.29, 1.82) is 0 Å². The predicted octanol–water partition coefficient (Wildman–Crippen LogP) is 3.96. The molecule has 0 bridgehead atoms. The Morgan fingerprint density at radius 3 is 2.04 bits per heavy atom. The Kier molecular flexibility index (Phi) is 18.4. The van der Waals surface area contributed by atoms with Crippen molar-refractivity contribution in [3.8, 4) is 0 Å². The third-order valence-corrected chi connectivity index (χ3v) is 11.6. The molecule has 1 aromatic carbocycles. The Labute approximate surface area is 330 Å². The number of benzene rings is 1. The lowest BCUT2D eigenvalue weighted by molar-refractivity contribution is -0.152. The van der Waals surface area contributed by atoms with Gasteiger partial charge in [-0.2, -0.15) is 0 Å². The SMILES string of the molecule is CCC(C)[C@@H]([C@@H](CC(=O)N1C[C@H](OC)C[C@@]1(C)[C@H](OC)[C@@H](C)C(=O)NCC(=O)c1ccccc1C)OC)N(C)C(=O)[C@@H](NC(=O)[C@H](C(C)C)N(C)C)C(C)C. The Hall–Kier alpha value is -3.39. The van der Waals surface area contributed by atoms with E-state index in [-0.39, 0.29) is 72.8 Å². The summed E-state index contributed by atoms with van der Waals surface area (Å²) in [7, 11) is 10.1. The standard InChI is InChI=1S/C42H71N5O8/c1-16-27(6)37(46(12)41(52)35(25(2)3)44-40(51)36(26(4)5)45(10)11)33(54-14)21-34(49)47-24-30(53-13)22-42(47,9)38(55-15)29(8)39(50)43-23-32(48)31-20-18-17-19-28(31)7/h17-20,25-27,29-30,33,35-38H,16,21-24H2,1-15H3,(H,43,50)(H,44,51)/t27?,29-,30-,33-,35+,36+,37+,38-,42+/m1/s1. The summed E-state index contributed by atoms with van der Waals surface area (Å²) >= 11 is 0. The van der Waals surface area contributed by atoms with Gasteiger partial charge in [-0.25, -0.2) is 0 Å². The monoisotopic (exact) mass is 774 g/mol. The van der Waals surface area contributed by atoms with Crippen LogP contribution in [0.25, 0.3) is 0 Å². The summed E-state index contributed by atoms with van der Waals surface area (Å²) in [4.78, 5) is 74.0. The molecule has 1 aliphatic rings. The lowest BCUT2D eigenvalue weighted by atomic mass is 9.82. The molecular formula is C42H71N5O8. The van der Waals surface area contributed by atoms with Crippen LogP contribution in [0.15, 0.2) is 24.3 Å². The van der Waals surface area contributed by atoms with E-state index >= 15 is 0 Å². The van der Waals surface area contributed by atoms with Gasteiger partial charge in [0.25, 0.3) is 0 Å². The van der Waals surface area contributed by atoms with Crippen LogP contribution in [0.3, 0.4) is 0 Å². The topological polar surface area (TPSA) is 147 Å². The van der Waals surface area contributed by atoms with Crippen LogP contribution in [-0.2, 0) is 33.4 Å². The number of aryl methyl sites for hydroxylation is 1. The van der Waals surface area contributed by atoms with Gasteiger partial charge in [-0.3, -0.25) is 28.9 Å². The minimum absolute atomic E-state index is 0.0321. The van der Waals surface area contributed by atoms with Crippen LogP contribution < -0.4 is 10.6 Å². The molecule has 0 aromatic heterocycles. The van der Waals surface area contributed by atoms with Crippen LogP contribution in [0.1, 0.15) is 90.6 Å². The molecule has 0 radical (unpaired) electrons. The summed E-state index contributed by atoms with van der Waals surface area (Å²) < 4.78 is 17.9. The number of ether oxygens (including phenoxy) is 3. The van der Waals surface area contributed by atoms with Crippen LogP contribution in [0, 0.1) is 30.6 Å². The Bertz CT molecular complexity index is 1440. The van der Waals surface area contributed by atoms with E-state index in [1.807, 2.05) is 86.5 Å². The van der Waals surface area contributed by atoms with Gasteiger partial charge in [0.1, 0.15) is 6.04 Å². The number of nitrogens with one attached hydrogen (secondary N) is 2. The lowest BCUT2D eigenvalue weighted by Gasteiger charge is -2.44. The average molecular weight is 774 g/mol. The van der Waals surface area contributed by atoms with Crippen molar-refractivity contribution in [3.63, 3.8) is 0 Å². The summed E-state index contributed by atoms with van der Waals surface area (Å²) in [6.45, 7) is 17.4. The Balaban J connectivity index is 2.37. The first-order valence-corrected chi connectivity index (χ1v) is 19.7. The molecule has 1 saturated heterocycles. The maximum Gasteiger partial charge on any atom is 0.245 e. The summed E-state index contributed by atoms with van der Waals surface area (Å²) in [6.07, 6.45) is -0.668. The van der Waals surface area contributed by atoms with Gasteiger partial charge >= 0.3 is 0 Å². The van der Waals surface area contributed by atoms with Crippen LogP contribution in [0.2, 0.25) is 0 Å². The molecule has 0 spiro atoms. The predicted molar refractivity (Wildman–Crippen MR) is 215 cm³/mol. The van der Waals surface area contributed by atoms with Gasteiger partial charge in [-0.1, -0.05) is 79.2 Å². The summed E-state index contributed by atoms with van der Waals surface area (Å²) in [6, 6.07) is 5.53. The zero-order valence-corrected chi connectivity index (χ0v) is 36.2. The number of hydrogen-bond acceptors (Lipinski definition) is 9. The summed E-state index contributed by atoms with van der Waals surface area (Å²) in [5.41, 5.74) is 0.418. The van der Waals surface area contributed by atoms with Gasteiger partial charge in [0, 0.05) is 46.9 Å². The quantitative estimate of drug-likeness (QED) is 0.177. The van der Waals surface area contributed by atoms with Gasteiger partial charge < -0.3 is 34.6 Å². The Morgan fingerprint density at radius 2 is 1.55 bits per heavy atom. The highest BCUT2D eigenvalue weighted by atomic mass is 16.5. The molecule has 2 rings (SSSR count). The number of nitrogens with zero attached hydrogens (tertiary/aromatic N) is 3. The summed E-state index contributed by atoms with van der Waals surface area (Å²) in [5, 5.41) is 5.82. The number of hydrogen-bond donors (Lipinski definition) is 2. The normalized spacial score (nSPS) is 21.1. The van der Waals surface area contributed by atoms with Crippen molar-refractivity contribution in [3.05, 3.63) is 35.4 Å². The van der Waals surface area contributed by atoms with E-state index in [1.54, 1.807) is 50.1 Å². The van der Waals surface area contributed by atoms with Crippen molar-refractivity contribution in [1.82, 2.24) is 25.3 Å². The number of carbonyl (C=O) groups excluding carboxylic acids is 5. The first-order valence-electron chi connectivity index (χ1n) is 19.7. The third kappa shape index (κ3) is 11.6. The van der Waals surface area contributed by atoms with Crippen molar-refractivity contribution < 1.29 is 38.2 Å². The number of carbonyl (C=O) groups is 5. The van der Waals surface area contributed by atoms with Gasteiger partial charge in [-0.15, -0.1) is 0 Å². The highest BCUT2D eigenvalue weighted by Crippen LogP contribution is 2.39. The number of likely N-dealkylation sites (N-methyl/N-ethyl adjacent to an activating group) is 2. The second kappa shape index (κ2) is 21.2. The van der Waals surface area contributed by atoms with Crippen molar-refractivity contribution in [2.45, 2.75) is 124 Å². The minimum Gasteiger partial charge on any atom is -0.380 e. The van der Waals surface area contributed by atoms with Gasteiger partial charge in [0.05, 0.1) is 54.8 Å². The average Bonchev–Trinajstić information content (AvgIpc) is 3.48. The van der Waals surface area contributed by atoms with Gasteiger partial charge in [-0.05, 0) is 51.3 Å². The number of likely N-dealkylation sites (tertiary alicyclic amines) is 1. The molecule has 2 N–H and O–H groups in total. The molecule has 1 aliphatic heterocycles. The molecule has 13 nitrogen and oxygen atoms in total. The number of methoxy groups -OCH3 is 3. The molecule has 0 aliphatic carbocycles. The molecule has 1 unspecified atom stereocenters. The molecule has 312 valence electrons. The molecular weight excluding hydrogens is 702 g/mol. The fourth-order valence-electron chi connectivity index (χ4n) is 8.42. The molecule has 4 amide bonds. The molecule has 9 atom stereocenters. The number of ketones is 1. The first-order chi connectivity index (χ1) is 25.7. The lowest BCUT2D eigenvalue weighted by Crippen LogP contribution is -2.60. The molecule has 13 heteroatoms. The Morgan fingerprint density at radius 1 is 0.927 bits per heavy atom. The smallest absolute Gasteiger partial charge is 0.245 e. The second-order valence-electron chi connectivity index (χ2n) is 16.5. The van der Waals surface area contributed by atoms with Crippen LogP contribution in [-0.4, -0.2) is 142 Å². The number of rotatable bonds is 21. The minimum atomic E-state index is -0.957. The molecule has 1 fully saturated rings. The van der Waals surface area contributed by atoms with E-state index < -0.39 is 41.8 Å². The third-order valence-electron chi connectivity index (χ3n) is 11.6. The summed E-state index contributed by atoms with van der Waals surface area (Å²) in [5.74, 6) is -2.22. The van der Waals surface area contributed by atoms with E-state index in [2.05, 4.69) is 10.6 Å². The fourth-order valence-corrected chi connectivity index (χ4v) is 8.42. The fraction of sp³-hybridized carbons (Fsp3) is 0.738. The molecule has 1 heterocycles. The van der Waals surface area contributed by atoms with Gasteiger partial charge in [0.15, 0.2) is 5.78 Å². The van der Waals surface area contributed by atoms with E-state index in [0.29, 0.717) is 18.4 Å². The molecule has 0 saturated carbocycles. The van der Waals surface area contributed by atoms with Crippen LogP contribution in [0.5, 0.6) is 0 Å². The van der Waals surface area contributed by atoms with E-state index in [9.17, 15) is 24.0 Å². The number of Topliss-reactive ketones (excluding diaryl/α,β-unsaturated/α-hetero) is 1. The van der Waals surface area contributed by atoms with E-state index in [4.69, 9.17) is 14.2 Å². The highest BCUT2D eigenvalue weighted by Gasteiger charge is 2.53. The van der Waals surface area contributed by atoms with Gasteiger partial charge in [0.2, 0.25) is 23.6 Å². The zero-order valence-electron chi connectivity index (χ0n) is 36.2. The first kappa shape index (κ1) is 47.8. The van der Waals surface area contributed by atoms with E-state index in [0.717, 1.165) is 5.56 Å². The highest BCUT2D eigenvalue weighted by molar-refractivity contribution is 6.00. The number of amides is 4. The maximum absolute atomic E-state index is 14.5. The van der Waals surface area contributed by atoms with Crippen molar-refractivity contribution in [2.24, 2.45) is 23.7 Å². The molecule has 55 heavy (non-hydrogen) atoms. The molecule has 1 aromatic rings. The van der Waals surface area contributed by atoms with Crippen molar-refractivity contribution in [2.75, 3.05) is 55.6 Å². The van der Waals surface area contributed by atoms with Crippen LogP contribution in [0.4, 0.5) is 0 Å². The second-order valence-corrected chi connectivity index (χ2v) is 16.5.